The van der Waals surface area contributed by atoms with E-state index >= 15 is 0 Å². The second-order valence-electron chi connectivity index (χ2n) is 4.79. The molecule has 0 saturated heterocycles. The standard InChI is InChI=1S/C15H19NO5/c1-4-9(2)13(15(19)20)16-14(18)11-5-7-12(8-6-11)21-10(3)17/h5-9,13H,4H2,1-3H3,(H,16,18)(H,19,20)/t9-,13-/m0/s1. The highest BCUT2D eigenvalue weighted by Crippen LogP contribution is 2.14. The van der Waals surface area contributed by atoms with Crippen molar-refractivity contribution in [2.45, 2.75) is 33.2 Å². The number of carboxylic acid groups (broad SMARTS) is 1. The molecule has 0 aliphatic rings. The maximum atomic E-state index is 12.0. The summed E-state index contributed by atoms with van der Waals surface area (Å²) in [5, 5.41) is 11.6. The lowest BCUT2D eigenvalue weighted by Crippen LogP contribution is -2.45. The van der Waals surface area contributed by atoms with Gasteiger partial charge in [0.2, 0.25) is 0 Å². The lowest BCUT2D eigenvalue weighted by Gasteiger charge is -2.20. The fourth-order valence-electron chi connectivity index (χ4n) is 1.75. The van der Waals surface area contributed by atoms with Crippen molar-refractivity contribution in [2.24, 2.45) is 5.92 Å². The van der Waals surface area contributed by atoms with Crippen molar-refractivity contribution in [1.29, 1.82) is 0 Å². The van der Waals surface area contributed by atoms with Gasteiger partial charge in [-0.3, -0.25) is 9.59 Å². The van der Waals surface area contributed by atoms with Crippen LogP contribution in [0.25, 0.3) is 0 Å². The number of ether oxygens (including phenoxy) is 1. The van der Waals surface area contributed by atoms with Crippen LogP contribution in [0.4, 0.5) is 0 Å². The smallest absolute Gasteiger partial charge is 0.326 e. The molecule has 2 N–H and O–H groups in total. The van der Waals surface area contributed by atoms with Crippen LogP contribution in [0, 0.1) is 5.92 Å². The van der Waals surface area contributed by atoms with Crippen LogP contribution >= 0.6 is 0 Å². The molecular weight excluding hydrogens is 274 g/mol. The first kappa shape index (κ1) is 16.7. The van der Waals surface area contributed by atoms with Gasteiger partial charge in [-0.2, -0.15) is 0 Å². The van der Waals surface area contributed by atoms with E-state index < -0.39 is 23.9 Å². The van der Waals surface area contributed by atoms with E-state index in [-0.39, 0.29) is 5.92 Å². The number of nitrogens with one attached hydrogen (secondary N) is 1. The van der Waals surface area contributed by atoms with Crippen molar-refractivity contribution in [2.75, 3.05) is 0 Å². The minimum atomic E-state index is -1.06. The average Bonchev–Trinajstić information content (AvgIpc) is 2.43. The summed E-state index contributed by atoms with van der Waals surface area (Å²) in [5.74, 6) is -1.83. The third kappa shape index (κ3) is 4.91. The summed E-state index contributed by atoms with van der Waals surface area (Å²) in [7, 11) is 0. The molecule has 1 aromatic rings. The van der Waals surface area contributed by atoms with Gasteiger partial charge in [-0.15, -0.1) is 0 Å². The Morgan fingerprint density at radius 2 is 1.81 bits per heavy atom. The van der Waals surface area contributed by atoms with Crippen LogP contribution in [0.15, 0.2) is 24.3 Å². The van der Waals surface area contributed by atoms with Crippen LogP contribution in [0.1, 0.15) is 37.6 Å². The number of hydrogen-bond acceptors (Lipinski definition) is 4. The van der Waals surface area contributed by atoms with Crippen molar-refractivity contribution in [3.8, 4) is 5.75 Å². The number of aliphatic carboxylic acids is 1. The number of carboxylic acids is 1. The summed E-state index contributed by atoms with van der Waals surface area (Å²) in [6.07, 6.45) is 0.642. The number of carbonyl (C=O) groups excluding carboxylic acids is 2. The minimum Gasteiger partial charge on any atom is -0.480 e. The SMILES string of the molecule is CC[C@H](C)[C@H](NC(=O)c1ccc(OC(C)=O)cc1)C(=O)O. The molecule has 0 fully saturated rings. The highest BCUT2D eigenvalue weighted by Gasteiger charge is 2.25. The number of hydrogen-bond donors (Lipinski definition) is 2. The molecule has 0 spiro atoms. The molecule has 0 radical (unpaired) electrons. The Balaban J connectivity index is 2.78. The summed E-state index contributed by atoms with van der Waals surface area (Å²) >= 11 is 0. The number of amides is 1. The van der Waals surface area contributed by atoms with E-state index in [0.717, 1.165) is 0 Å². The minimum absolute atomic E-state index is 0.174. The molecule has 21 heavy (non-hydrogen) atoms. The molecule has 0 aliphatic heterocycles. The summed E-state index contributed by atoms with van der Waals surface area (Å²) in [6.45, 7) is 4.91. The first-order valence-corrected chi connectivity index (χ1v) is 6.67. The topological polar surface area (TPSA) is 92.7 Å². The number of rotatable bonds is 6. The lowest BCUT2D eigenvalue weighted by molar-refractivity contribution is -0.140. The molecule has 0 heterocycles. The third-order valence-electron chi connectivity index (χ3n) is 3.14. The molecule has 1 amide bonds. The van der Waals surface area contributed by atoms with E-state index in [1.807, 2.05) is 6.92 Å². The second-order valence-corrected chi connectivity index (χ2v) is 4.79. The zero-order valence-electron chi connectivity index (χ0n) is 12.3. The van der Waals surface area contributed by atoms with Crippen molar-refractivity contribution < 1.29 is 24.2 Å². The fraction of sp³-hybridized carbons (Fsp3) is 0.400. The van der Waals surface area contributed by atoms with E-state index in [1.54, 1.807) is 6.92 Å². The van der Waals surface area contributed by atoms with Gasteiger partial charge in [0.25, 0.3) is 5.91 Å². The Morgan fingerprint density at radius 3 is 2.24 bits per heavy atom. The van der Waals surface area contributed by atoms with Gasteiger partial charge in [0.1, 0.15) is 11.8 Å². The number of benzene rings is 1. The van der Waals surface area contributed by atoms with Gasteiger partial charge < -0.3 is 15.2 Å². The van der Waals surface area contributed by atoms with Gasteiger partial charge in [0.15, 0.2) is 0 Å². The molecule has 0 aromatic heterocycles. The fourth-order valence-corrected chi connectivity index (χ4v) is 1.75. The normalized spacial score (nSPS) is 13.1. The monoisotopic (exact) mass is 293 g/mol. The molecule has 1 aromatic carbocycles. The van der Waals surface area contributed by atoms with E-state index in [0.29, 0.717) is 17.7 Å². The Bertz CT molecular complexity index is 523. The van der Waals surface area contributed by atoms with Crippen LogP contribution in [-0.2, 0) is 9.59 Å². The van der Waals surface area contributed by atoms with Gasteiger partial charge in [-0.1, -0.05) is 20.3 Å². The van der Waals surface area contributed by atoms with Crippen LogP contribution < -0.4 is 10.1 Å². The lowest BCUT2D eigenvalue weighted by atomic mass is 9.99. The van der Waals surface area contributed by atoms with Crippen molar-refractivity contribution in [1.82, 2.24) is 5.32 Å². The number of carbonyl (C=O) groups is 3. The van der Waals surface area contributed by atoms with Gasteiger partial charge in [0.05, 0.1) is 0 Å². The van der Waals surface area contributed by atoms with Crippen LogP contribution in [-0.4, -0.2) is 29.0 Å². The van der Waals surface area contributed by atoms with E-state index in [4.69, 9.17) is 9.84 Å². The Labute approximate surface area is 123 Å². The maximum Gasteiger partial charge on any atom is 0.326 e. The quantitative estimate of drug-likeness (QED) is 0.616. The van der Waals surface area contributed by atoms with Crippen LogP contribution in [0.3, 0.4) is 0 Å². The van der Waals surface area contributed by atoms with Crippen molar-refractivity contribution >= 4 is 17.8 Å². The molecule has 0 unspecified atom stereocenters. The molecule has 0 bridgehead atoms. The highest BCUT2D eigenvalue weighted by molar-refractivity contribution is 5.96. The van der Waals surface area contributed by atoms with Crippen LogP contribution in [0.2, 0.25) is 0 Å². The summed E-state index contributed by atoms with van der Waals surface area (Å²) in [4.78, 5) is 34.0. The summed E-state index contributed by atoms with van der Waals surface area (Å²) < 4.78 is 4.86. The molecule has 0 saturated carbocycles. The first-order valence-electron chi connectivity index (χ1n) is 6.67. The molecule has 1 rings (SSSR count). The Kier molecular flexibility index (Phi) is 5.90. The molecule has 114 valence electrons. The first-order chi connectivity index (χ1) is 9.85. The number of esters is 1. The molecular formula is C15H19NO5. The second kappa shape index (κ2) is 7.42. The third-order valence-corrected chi connectivity index (χ3v) is 3.14. The average molecular weight is 293 g/mol. The van der Waals surface area contributed by atoms with Gasteiger partial charge >= 0.3 is 11.9 Å². The molecule has 6 heteroatoms. The summed E-state index contributed by atoms with van der Waals surface area (Å²) in [5.41, 5.74) is 0.306. The zero-order chi connectivity index (χ0) is 16.0. The maximum absolute atomic E-state index is 12.0. The van der Waals surface area contributed by atoms with Gasteiger partial charge in [-0.05, 0) is 30.2 Å². The molecule has 6 nitrogen and oxygen atoms in total. The van der Waals surface area contributed by atoms with Gasteiger partial charge in [-0.25, -0.2) is 4.79 Å². The van der Waals surface area contributed by atoms with Crippen molar-refractivity contribution in [3.05, 3.63) is 29.8 Å². The van der Waals surface area contributed by atoms with Crippen LogP contribution in [0.5, 0.6) is 5.75 Å². The predicted molar refractivity (Wildman–Crippen MR) is 76.1 cm³/mol. The molecule has 0 aliphatic carbocycles. The summed E-state index contributed by atoms with van der Waals surface area (Å²) in [6, 6.07) is 4.98. The van der Waals surface area contributed by atoms with Gasteiger partial charge in [0, 0.05) is 12.5 Å². The zero-order valence-corrected chi connectivity index (χ0v) is 12.3. The van der Waals surface area contributed by atoms with E-state index in [1.165, 1.54) is 31.2 Å². The van der Waals surface area contributed by atoms with Crippen molar-refractivity contribution in [3.63, 3.8) is 0 Å². The van der Waals surface area contributed by atoms with E-state index in [9.17, 15) is 14.4 Å². The Morgan fingerprint density at radius 1 is 1.24 bits per heavy atom. The predicted octanol–water partition coefficient (Wildman–Crippen LogP) is 1.84. The largest absolute Gasteiger partial charge is 0.480 e. The van der Waals surface area contributed by atoms with E-state index in [2.05, 4.69) is 5.32 Å². The Hall–Kier alpha value is -2.37. The molecule has 2 atom stereocenters. The highest BCUT2D eigenvalue weighted by atomic mass is 16.5.